The lowest BCUT2D eigenvalue weighted by atomic mass is 10.2. The number of rotatable bonds is 4. The van der Waals surface area contributed by atoms with Crippen LogP contribution in [0.25, 0.3) is 11.0 Å². The SMILES string of the molecule is O=C(O)CCCn1nnc2cc(F)c(F)cc21. The Morgan fingerprint density at radius 1 is 1.35 bits per heavy atom. The Labute approximate surface area is 94.7 Å². The fourth-order valence-corrected chi connectivity index (χ4v) is 1.51. The predicted octanol–water partition coefficient (Wildman–Crippen LogP) is 1.57. The number of aryl methyl sites for hydroxylation is 1. The molecule has 0 spiro atoms. The third-order valence-corrected chi connectivity index (χ3v) is 2.32. The van der Waals surface area contributed by atoms with Crippen molar-refractivity contribution in [1.82, 2.24) is 15.0 Å². The summed E-state index contributed by atoms with van der Waals surface area (Å²) in [6.45, 7) is 0.299. The van der Waals surface area contributed by atoms with E-state index in [1.165, 1.54) is 4.68 Å². The zero-order chi connectivity index (χ0) is 12.4. The Bertz CT molecular complexity index is 568. The second-order valence-electron chi connectivity index (χ2n) is 3.56. The van der Waals surface area contributed by atoms with Crippen LogP contribution in [0.2, 0.25) is 0 Å². The molecule has 1 heterocycles. The first-order valence-corrected chi connectivity index (χ1v) is 4.98. The van der Waals surface area contributed by atoms with Gasteiger partial charge in [0, 0.05) is 25.1 Å². The molecule has 0 bridgehead atoms. The maximum absolute atomic E-state index is 13.0. The fourth-order valence-electron chi connectivity index (χ4n) is 1.51. The zero-order valence-electron chi connectivity index (χ0n) is 8.73. The standard InChI is InChI=1S/C10H9F2N3O2/c11-6-4-8-9(5-7(6)12)15(14-13-8)3-1-2-10(16)17/h4-5H,1-3H2,(H,16,17). The molecule has 1 aromatic heterocycles. The van der Waals surface area contributed by atoms with Crippen LogP contribution in [0.15, 0.2) is 12.1 Å². The van der Waals surface area contributed by atoms with Crippen LogP contribution in [-0.2, 0) is 11.3 Å². The number of carboxylic acid groups (broad SMARTS) is 1. The third kappa shape index (κ3) is 2.38. The van der Waals surface area contributed by atoms with E-state index in [2.05, 4.69) is 10.3 Å². The number of aromatic nitrogens is 3. The molecule has 1 aromatic carbocycles. The molecule has 2 aromatic rings. The lowest BCUT2D eigenvalue weighted by Gasteiger charge is -2.00. The van der Waals surface area contributed by atoms with E-state index in [9.17, 15) is 13.6 Å². The smallest absolute Gasteiger partial charge is 0.303 e. The quantitative estimate of drug-likeness (QED) is 0.882. The van der Waals surface area contributed by atoms with Crippen LogP contribution in [0.4, 0.5) is 8.78 Å². The van der Waals surface area contributed by atoms with Crippen molar-refractivity contribution in [3.05, 3.63) is 23.8 Å². The monoisotopic (exact) mass is 241 g/mol. The molecule has 7 heteroatoms. The first-order chi connectivity index (χ1) is 8.08. The number of aliphatic carboxylic acids is 1. The number of nitrogens with zero attached hydrogens (tertiary/aromatic N) is 3. The summed E-state index contributed by atoms with van der Waals surface area (Å²) in [5.41, 5.74) is 0.605. The van der Waals surface area contributed by atoms with Crippen molar-refractivity contribution in [1.29, 1.82) is 0 Å². The Balaban J connectivity index is 2.23. The van der Waals surface area contributed by atoms with E-state index in [-0.39, 0.29) is 11.9 Å². The van der Waals surface area contributed by atoms with Gasteiger partial charge in [-0.1, -0.05) is 5.21 Å². The molecule has 0 fully saturated rings. The molecule has 0 aliphatic rings. The minimum Gasteiger partial charge on any atom is -0.481 e. The molecule has 1 N–H and O–H groups in total. The van der Waals surface area contributed by atoms with Gasteiger partial charge in [0.1, 0.15) is 5.52 Å². The molecule has 0 radical (unpaired) electrons. The van der Waals surface area contributed by atoms with E-state index >= 15 is 0 Å². The van der Waals surface area contributed by atoms with Crippen LogP contribution in [0.3, 0.4) is 0 Å². The van der Waals surface area contributed by atoms with Gasteiger partial charge < -0.3 is 5.11 Å². The van der Waals surface area contributed by atoms with Crippen molar-refractivity contribution in [3.8, 4) is 0 Å². The van der Waals surface area contributed by atoms with Crippen LogP contribution in [0, 0.1) is 11.6 Å². The third-order valence-electron chi connectivity index (χ3n) is 2.32. The first-order valence-electron chi connectivity index (χ1n) is 4.98. The molecule has 0 saturated heterocycles. The number of fused-ring (bicyclic) bond motifs is 1. The molecule has 90 valence electrons. The summed E-state index contributed by atoms with van der Waals surface area (Å²) in [4.78, 5) is 10.3. The maximum atomic E-state index is 13.0. The fraction of sp³-hybridized carbons (Fsp3) is 0.300. The van der Waals surface area contributed by atoms with Gasteiger partial charge in [0.25, 0.3) is 0 Å². The highest BCUT2D eigenvalue weighted by atomic mass is 19.2. The highest BCUT2D eigenvalue weighted by Gasteiger charge is 2.10. The van der Waals surface area contributed by atoms with Crippen LogP contribution in [0.5, 0.6) is 0 Å². The summed E-state index contributed by atoms with van der Waals surface area (Å²) >= 11 is 0. The van der Waals surface area contributed by atoms with Gasteiger partial charge in [-0.2, -0.15) is 0 Å². The van der Waals surface area contributed by atoms with Gasteiger partial charge in [0.15, 0.2) is 11.6 Å². The minimum atomic E-state index is -0.977. The molecule has 2 rings (SSSR count). The van der Waals surface area contributed by atoms with Gasteiger partial charge >= 0.3 is 5.97 Å². The normalized spacial score (nSPS) is 10.9. The Kier molecular flexibility index (Phi) is 2.99. The van der Waals surface area contributed by atoms with Crippen molar-refractivity contribution >= 4 is 17.0 Å². The summed E-state index contributed by atoms with van der Waals surface area (Å²) in [6.07, 6.45) is 0.345. The second-order valence-corrected chi connectivity index (χ2v) is 3.56. The van der Waals surface area contributed by atoms with Crippen molar-refractivity contribution in [2.45, 2.75) is 19.4 Å². The van der Waals surface area contributed by atoms with Crippen molar-refractivity contribution in [2.24, 2.45) is 0 Å². The average molecular weight is 241 g/mol. The molecule has 0 aliphatic carbocycles. The lowest BCUT2D eigenvalue weighted by Crippen LogP contribution is -2.03. The van der Waals surface area contributed by atoms with E-state index < -0.39 is 17.6 Å². The Morgan fingerprint density at radius 3 is 2.76 bits per heavy atom. The van der Waals surface area contributed by atoms with Gasteiger partial charge in [0.2, 0.25) is 0 Å². The number of hydrogen-bond acceptors (Lipinski definition) is 3. The van der Waals surface area contributed by atoms with Gasteiger partial charge in [-0.05, 0) is 6.42 Å². The summed E-state index contributed by atoms with van der Waals surface area (Å²) in [7, 11) is 0. The lowest BCUT2D eigenvalue weighted by molar-refractivity contribution is -0.137. The van der Waals surface area contributed by atoms with Crippen LogP contribution < -0.4 is 0 Å². The van der Waals surface area contributed by atoms with E-state index in [0.29, 0.717) is 18.5 Å². The van der Waals surface area contributed by atoms with Crippen LogP contribution in [0.1, 0.15) is 12.8 Å². The summed E-state index contributed by atoms with van der Waals surface area (Å²) in [5, 5.41) is 15.9. The van der Waals surface area contributed by atoms with E-state index in [0.717, 1.165) is 12.1 Å². The second kappa shape index (κ2) is 4.44. The largest absolute Gasteiger partial charge is 0.481 e. The Morgan fingerprint density at radius 2 is 2.06 bits per heavy atom. The number of carbonyl (C=O) groups is 1. The molecular weight excluding hydrogens is 232 g/mol. The minimum absolute atomic E-state index is 0.00890. The molecular formula is C10H9F2N3O2. The topological polar surface area (TPSA) is 68.0 Å². The molecule has 0 aliphatic heterocycles. The summed E-state index contributed by atoms with van der Waals surface area (Å²) < 4.78 is 27.3. The summed E-state index contributed by atoms with van der Waals surface area (Å²) in [6, 6.07) is 1.97. The molecule has 17 heavy (non-hydrogen) atoms. The van der Waals surface area contributed by atoms with E-state index in [1.807, 2.05) is 0 Å². The molecule has 0 saturated carbocycles. The van der Waals surface area contributed by atoms with Crippen molar-refractivity contribution < 1.29 is 18.7 Å². The number of hydrogen-bond donors (Lipinski definition) is 1. The van der Waals surface area contributed by atoms with E-state index in [1.54, 1.807) is 0 Å². The van der Waals surface area contributed by atoms with E-state index in [4.69, 9.17) is 5.11 Å². The molecule has 0 atom stereocenters. The number of benzene rings is 1. The van der Waals surface area contributed by atoms with Crippen molar-refractivity contribution in [2.75, 3.05) is 0 Å². The van der Waals surface area contributed by atoms with Crippen LogP contribution in [-0.4, -0.2) is 26.1 Å². The molecule has 0 amide bonds. The average Bonchev–Trinajstić information content (AvgIpc) is 2.62. The van der Waals surface area contributed by atoms with Crippen LogP contribution >= 0.6 is 0 Å². The zero-order valence-corrected chi connectivity index (χ0v) is 8.73. The molecule has 0 unspecified atom stereocenters. The Hall–Kier alpha value is -2.05. The first kappa shape index (κ1) is 11.4. The highest BCUT2D eigenvalue weighted by molar-refractivity contribution is 5.74. The van der Waals surface area contributed by atoms with Crippen molar-refractivity contribution in [3.63, 3.8) is 0 Å². The predicted molar refractivity (Wildman–Crippen MR) is 54.3 cm³/mol. The molecule has 5 nitrogen and oxygen atoms in total. The number of halogens is 2. The highest BCUT2D eigenvalue weighted by Crippen LogP contribution is 2.16. The van der Waals surface area contributed by atoms with Gasteiger partial charge in [-0.15, -0.1) is 5.10 Å². The van der Waals surface area contributed by atoms with Gasteiger partial charge in [-0.25, -0.2) is 13.5 Å². The van der Waals surface area contributed by atoms with Gasteiger partial charge in [-0.3, -0.25) is 4.79 Å². The van der Waals surface area contributed by atoms with Gasteiger partial charge in [0.05, 0.1) is 5.52 Å². The summed E-state index contributed by atoms with van der Waals surface area (Å²) in [5.74, 6) is -2.86. The number of carboxylic acids is 1. The maximum Gasteiger partial charge on any atom is 0.303 e.